The molecule has 0 heterocycles. The molecule has 0 aliphatic carbocycles. The third-order valence-electron chi connectivity index (χ3n) is 3.65. The van der Waals surface area contributed by atoms with Gasteiger partial charge >= 0.3 is 5.97 Å². The molecule has 2 amide bonds. The summed E-state index contributed by atoms with van der Waals surface area (Å²) < 4.78 is 44.8. The fourth-order valence-electron chi connectivity index (χ4n) is 2.31. The first-order chi connectivity index (χ1) is 14.1. The number of ether oxygens (including phenoxy) is 1. The van der Waals surface area contributed by atoms with Crippen molar-refractivity contribution in [3.8, 4) is 0 Å². The SMILES string of the molecule is CC(=O)Nc1ccc(NC(=O)COC(=O)C(C)NS(=O)(=O)c2ccccc2F)cc1. The minimum absolute atomic E-state index is 0.238. The molecule has 0 radical (unpaired) electrons. The molecule has 0 saturated carbocycles. The summed E-state index contributed by atoms with van der Waals surface area (Å²) in [6.07, 6.45) is 0. The van der Waals surface area contributed by atoms with Crippen LogP contribution in [0, 0.1) is 5.82 Å². The van der Waals surface area contributed by atoms with Crippen LogP contribution in [0.4, 0.5) is 15.8 Å². The minimum atomic E-state index is -4.29. The molecule has 0 aliphatic rings. The van der Waals surface area contributed by atoms with E-state index in [9.17, 15) is 27.2 Å². The number of anilines is 2. The first-order valence-electron chi connectivity index (χ1n) is 8.69. The Morgan fingerprint density at radius 3 is 2.13 bits per heavy atom. The minimum Gasteiger partial charge on any atom is -0.454 e. The van der Waals surface area contributed by atoms with Crippen LogP contribution in [-0.4, -0.2) is 38.9 Å². The number of carbonyl (C=O) groups excluding carboxylic acids is 3. The van der Waals surface area contributed by atoms with Crippen LogP contribution in [0.25, 0.3) is 0 Å². The van der Waals surface area contributed by atoms with E-state index in [1.165, 1.54) is 38.1 Å². The van der Waals surface area contributed by atoms with Gasteiger partial charge in [-0.3, -0.25) is 14.4 Å². The molecule has 0 fully saturated rings. The summed E-state index contributed by atoms with van der Waals surface area (Å²) >= 11 is 0. The van der Waals surface area contributed by atoms with Crippen LogP contribution < -0.4 is 15.4 Å². The Bertz CT molecular complexity index is 1040. The lowest BCUT2D eigenvalue weighted by atomic mass is 10.2. The highest BCUT2D eigenvalue weighted by Crippen LogP contribution is 2.15. The lowest BCUT2D eigenvalue weighted by molar-refractivity contribution is -0.148. The average molecular weight is 437 g/mol. The molecule has 11 heteroatoms. The van der Waals surface area contributed by atoms with Gasteiger partial charge in [0.25, 0.3) is 5.91 Å². The highest BCUT2D eigenvalue weighted by atomic mass is 32.2. The second kappa shape index (κ2) is 9.94. The standard InChI is InChI=1S/C19H20FN3O6S/c1-12(23-30(27,28)17-6-4-3-5-16(17)20)19(26)29-11-18(25)22-15-9-7-14(8-10-15)21-13(2)24/h3-10,12,23H,11H2,1-2H3,(H,21,24)(H,22,25). The van der Waals surface area contributed by atoms with E-state index in [1.54, 1.807) is 12.1 Å². The van der Waals surface area contributed by atoms with Gasteiger partial charge in [-0.1, -0.05) is 12.1 Å². The molecule has 1 atom stereocenters. The van der Waals surface area contributed by atoms with Gasteiger partial charge in [-0.05, 0) is 43.3 Å². The number of hydrogen-bond acceptors (Lipinski definition) is 6. The fourth-order valence-corrected chi connectivity index (χ4v) is 3.58. The number of carbonyl (C=O) groups is 3. The summed E-state index contributed by atoms with van der Waals surface area (Å²) in [5, 5.41) is 5.05. The zero-order valence-electron chi connectivity index (χ0n) is 16.1. The van der Waals surface area contributed by atoms with E-state index >= 15 is 0 Å². The summed E-state index contributed by atoms with van der Waals surface area (Å²) in [5.41, 5.74) is 0.946. The van der Waals surface area contributed by atoms with E-state index < -0.39 is 45.3 Å². The number of halogens is 1. The number of nitrogens with one attached hydrogen (secondary N) is 3. The summed E-state index contributed by atoms with van der Waals surface area (Å²) in [7, 11) is -4.29. The number of esters is 1. The van der Waals surface area contributed by atoms with Crippen molar-refractivity contribution < 1.29 is 31.9 Å². The van der Waals surface area contributed by atoms with Crippen LogP contribution in [0.1, 0.15) is 13.8 Å². The molecule has 3 N–H and O–H groups in total. The maximum absolute atomic E-state index is 13.7. The van der Waals surface area contributed by atoms with Gasteiger partial charge in [-0.25, -0.2) is 12.8 Å². The highest BCUT2D eigenvalue weighted by molar-refractivity contribution is 7.89. The summed E-state index contributed by atoms with van der Waals surface area (Å²) in [6.45, 7) is 1.92. The van der Waals surface area contributed by atoms with Crippen LogP contribution in [0.2, 0.25) is 0 Å². The van der Waals surface area contributed by atoms with Crippen LogP contribution in [-0.2, 0) is 29.1 Å². The van der Waals surface area contributed by atoms with E-state index in [-0.39, 0.29) is 5.91 Å². The first kappa shape index (κ1) is 23.0. The molecule has 0 spiro atoms. The Balaban J connectivity index is 1.86. The fraction of sp³-hybridized carbons (Fsp3) is 0.211. The van der Waals surface area contributed by atoms with Gasteiger partial charge in [0.2, 0.25) is 15.9 Å². The van der Waals surface area contributed by atoms with Gasteiger partial charge in [0.05, 0.1) is 0 Å². The molecule has 9 nitrogen and oxygen atoms in total. The van der Waals surface area contributed by atoms with Gasteiger partial charge in [0.15, 0.2) is 6.61 Å². The Morgan fingerprint density at radius 2 is 1.57 bits per heavy atom. The summed E-state index contributed by atoms with van der Waals surface area (Å²) in [4.78, 5) is 34.3. The monoisotopic (exact) mass is 437 g/mol. The van der Waals surface area contributed by atoms with Gasteiger partial charge in [0.1, 0.15) is 16.8 Å². The summed E-state index contributed by atoms with van der Waals surface area (Å²) in [5.74, 6) is -2.86. The molecule has 2 aromatic carbocycles. The molecule has 0 saturated heterocycles. The predicted molar refractivity (Wildman–Crippen MR) is 107 cm³/mol. The molecule has 1 unspecified atom stereocenters. The number of sulfonamides is 1. The van der Waals surface area contributed by atoms with E-state index in [1.807, 2.05) is 4.72 Å². The number of benzene rings is 2. The van der Waals surface area contributed by atoms with E-state index in [0.29, 0.717) is 11.4 Å². The van der Waals surface area contributed by atoms with Crippen molar-refractivity contribution in [2.75, 3.05) is 17.2 Å². The zero-order valence-corrected chi connectivity index (χ0v) is 17.0. The molecule has 2 aromatic rings. The molecular weight excluding hydrogens is 417 g/mol. The first-order valence-corrected chi connectivity index (χ1v) is 10.2. The molecule has 2 rings (SSSR count). The quantitative estimate of drug-likeness (QED) is 0.538. The second-order valence-corrected chi connectivity index (χ2v) is 7.87. The van der Waals surface area contributed by atoms with E-state index in [0.717, 1.165) is 12.1 Å². The van der Waals surface area contributed by atoms with E-state index in [4.69, 9.17) is 4.74 Å². The number of amides is 2. The van der Waals surface area contributed by atoms with E-state index in [2.05, 4.69) is 10.6 Å². The van der Waals surface area contributed by atoms with Crippen molar-refractivity contribution in [1.82, 2.24) is 4.72 Å². The van der Waals surface area contributed by atoms with Crippen molar-refractivity contribution in [3.05, 3.63) is 54.3 Å². The molecule has 160 valence electrons. The van der Waals surface area contributed by atoms with Gasteiger partial charge in [-0.2, -0.15) is 4.72 Å². The van der Waals surface area contributed by atoms with Crippen molar-refractivity contribution in [3.63, 3.8) is 0 Å². The topological polar surface area (TPSA) is 131 Å². The Labute approximate surface area is 172 Å². The maximum Gasteiger partial charge on any atom is 0.324 e. The Morgan fingerprint density at radius 1 is 1.00 bits per heavy atom. The van der Waals surface area contributed by atoms with Gasteiger partial charge in [0, 0.05) is 18.3 Å². The molecule has 0 aromatic heterocycles. The number of hydrogen-bond donors (Lipinski definition) is 3. The normalized spacial score (nSPS) is 12.0. The maximum atomic E-state index is 13.7. The van der Waals surface area contributed by atoms with Crippen LogP contribution in [0.15, 0.2) is 53.4 Å². The lowest BCUT2D eigenvalue weighted by Crippen LogP contribution is -2.40. The second-order valence-electron chi connectivity index (χ2n) is 6.19. The Hall–Kier alpha value is -3.31. The molecule has 30 heavy (non-hydrogen) atoms. The third-order valence-corrected chi connectivity index (χ3v) is 5.22. The average Bonchev–Trinajstić information content (AvgIpc) is 2.67. The Kier molecular flexibility index (Phi) is 7.61. The zero-order chi connectivity index (χ0) is 22.3. The molecular formula is C19H20FN3O6S. The van der Waals surface area contributed by atoms with Crippen LogP contribution in [0.5, 0.6) is 0 Å². The number of rotatable bonds is 8. The van der Waals surface area contributed by atoms with Crippen LogP contribution >= 0.6 is 0 Å². The van der Waals surface area contributed by atoms with Crippen LogP contribution in [0.3, 0.4) is 0 Å². The van der Waals surface area contributed by atoms with Crippen molar-refractivity contribution in [2.45, 2.75) is 24.8 Å². The van der Waals surface area contributed by atoms with Crippen molar-refractivity contribution >= 4 is 39.2 Å². The lowest BCUT2D eigenvalue weighted by Gasteiger charge is -2.14. The molecule has 0 bridgehead atoms. The highest BCUT2D eigenvalue weighted by Gasteiger charge is 2.25. The largest absolute Gasteiger partial charge is 0.454 e. The third kappa shape index (κ3) is 6.64. The smallest absolute Gasteiger partial charge is 0.324 e. The predicted octanol–water partition coefficient (Wildman–Crippen LogP) is 1.63. The van der Waals surface area contributed by atoms with Gasteiger partial charge < -0.3 is 15.4 Å². The summed E-state index contributed by atoms with van der Waals surface area (Å²) in [6, 6.07) is 9.58. The molecule has 0 aliphatic heterocycles. The van der Waals surface area contributed by atoms with Crippen molar-refractivity contribution in [1.29, 1.82) is 0 Å². The van der Waals surface area contributed by atoms with Gasteiger partial charge in [-0.15, -0.1) is 0 Å². The van der Waals surface area contributed by atoms with Crippen molar-refractivity contribution in [2.24, 2.45) is 0 Å².